The normalized spacial score (nSPS) is 22.2. The van der Waals surface area contributed by atoms with Crippen LogP contribution in [0.25, 0.3) is 0 Å². The van der Waals surface area contributed by atoms with Crippen LogP contribution in [0.3, 0.4) is 0 Å². The van der Waals surface area contributed by atoms with Crippen molar-refractivity contribution in [2.24, 2.45) is 0 Å². The second kappa shape index (κ2) is 4.86. The molecule has 0 amide bonds. The van der Waals surface area contributed by atoms with E-state index in [1.165, 1.54) is 7.11 Å². The SMILES string of the molecule is COc1cc2c(c(OC)c1)C(C(=O)O)NC(C)C2. The lowest BCUT2D eigenvalue weighted by Crippen LogP contribution is -2.41. The Hall–Kier alpha value is -1.75. The van der Waals surface area contributed by atoms with Crippen molar-refractivity contribution in [2.75, 3.05) is 14.2 Å². The van der Waals surface area contributed by atoms with Gasteiger partial charge in [0, 0.05) is 17.7 Å². The van der Waals surface area contributed by atoms with Gasteiger partial charge in [0.2, 0.25) is 0 Å². The number of fused-ring (bicyclic) bond motifs is 1. The molecule has 0 radical (unpaired) electrons. The molecule has 0 bridgehead atoms. The molecular formula is C13H17NO4. The molecule has 0 spiro atoms. The summed E-state index contributed by atoms with van der Waals surface area (Å²) in [4.78, 5) is 11.3. The minimum absolute atomic E-state index is 0.107. The highest BCUT2D eigenvalue weighted by molar-refractivity contribution is 5.78. The van der Waals surface area contributed by atoms with Crippen LogP contribution in [0.1, 0.15) is 24.1 Å². The molecule has 0 aromatic heterocycles. The second-order valence-corrected chi connectivity index (χ2v) is 4.45. The minimum atomic E-state index is -0.897. The Kier molecular flexibility index (Phi) is 3.43. The highest BCUT2D eigenvalue weighted by Gasteiger charge is 2.32. The summed E-state index contributed by atoms with van der Waals surface area (Å²) in [5.74, 6) is 0.339. The molecule has 0 saturated heterocycles. The number of hydrogen-bond donors (Lipinski definition) is 2. The van der Waals surface area contributed by atoms with Crippen LogP contribution in [0.2, 0.25) is 0 Å². The van der Waals surface area contributed by atoms with Crippen molar-refractivity contribution >= 4 is 5.97 Å². The summed E-state index contributed by atoms with van der Waals surface area (Å²) >= 11 is 0. The zero-order valence-electron chi connectivity index (χ0n) is 10.7. The first-order chi connectivity index (χ1) is 8.56. The molecule has 0 saturated carbocycles. The van der Waals surface area contributed by atoms with Crippen LogP contribution >= 0.6 is 0 Å². The van der Waals surface area contributed by atoms with Crippen molar-refractivity contribution in [2.45, 2.75) is 25.4 Å². The lowest BCUT2D eigenvalue weighted by Gasteiger charge is -2.30. The highest BCUT2D eigenvalue weighted by atomic mass is 16.5. The van der Waals surface area contributed by atoms with Gasteiger partial charge >= 0.3 is 5.97 Å². The van der Waals surface area contributed by atoms with Crippen molar-refractivity contribution in [3.8, 4) is 11.5 Å². The van der Waals surface area contributed by atoms with E-state index in [2.05, 4.69) is 5.32 Å². The molecule has 1 aromatic rings. The molecule has 2 rings (SSSR count). The molecule has 5 nitrogen and oxygen atoms in total. The molecule has 18 heavy (non-hydrogen) atoms. The van der Waals surface area contributed by atoms with Gasteiger partial charge in [-0.25, -0.2) is 0 Å². The summed E-state index contributed by atoms with van der Waals surface area (Å²) < 4.78 is 10.5. The summed E-state index contributed by atoms with van der Waals surface area (Å²) in [5, 5.41) is 12.4. The largest absolute Gasteiger partial charge is 0.497 e. The van der Waals surface area contributed by atoms with Gasteiger partial charge in [0.15, 0.2) is 0 Å². The van der Waals surface area contributed by atoms with Gasteiger partial charge in [-0.15, -0.1) is 0 Å². The summed E-state index contributed by atoms with van der Waals surface area (Å²) in [5.41, 5.74) is 1.66. The molecule has 2 atom stereocenters. The fraction of sp³-hybridized carbons (Fsp3) is 0.462. The average molecular weight is 251 g/mol. The van der Waals surface area contributed by atoms with Crippen molar-refractivity contribution in [1.29, 1.82) is 0 Å². The monoisotopic (exact) mass is 251 g/mol. The topological polar surface area (TPSA) is 67.8 Å². The van der Waals surface area contributed by atoms with Crippen LogP contribution < -0.4 is 14.8 Å². The van der Waals surface area contributed by atoms with Crippen LogP contribution in [0.4, 0.5) is 0 Å². The Labute approximate surface area is 106 Å². The standard InChI is InChI=1S/C13H17NO4/c1-7-4-8-5-9(17-2)6-10(18-3)11(8)12(14-7)13(15)16/h5-7,12,14H,4H2,1-3H3,(H,15,16). The molecule has 0 fully saturated rings. The van der Waals surface area contributed by atoms with E-state index in [9.17, 15) is 9.90 Å². The third kappa shape index (κ3) is 2.13. The van der Waals surface area contributed by atoms with Gasteiger partial charge in [0.1, 0.15) is 17.5 Å². The zero-order valence-corrected chi connectivity index (χ0v) is 10.7. The lowest BCUT2D eigenvalue weighted by molar-refractivity contribution is -0.140. The van der Waals surface area contributed by atoms with E-state index < -0.39 is 12.0 Å². The van der Waals surface area contributed by atoms with Gasteiger partial charge in [-0.3, -0.25) is 10.1 Å². The first-order valence-electron chi connectivity index (χ1n) is 5.80. The average Bonchev–Trinajstić information content (AvgIpc) is 2.35. The maximum absolute atomic E-state index is 11.3. The van der Waals surface area contributed by atoms with Crippen molar-refractivity contribution in [1.82, 2.24) is 5.32 Å². The fourth-order valence-corrected chi connectivity index (χ4v) is 2.39. The smallest absolute Gasteiger partial charge is 0.325 e. The molecule has 5 heteroatoms. The van der Waals surface area contributed by atoms with Crippen LogP contribution in [0, 0.1) is 0 Å². The number of carboxylic acid groups (broad SMARTS) is 1. The molecule has 2 unspecified atom stereocenters. The molecular weight excluding hydrogens is 234 g/mol. The number of ether oxygens (including phenoxy) is 2. The number of hydrogen-bond acceptors (Lipinski definition) is 4. The molecule has 1 aliphatic rings. The predicted octanol–water partition coefficient (Wildman–Crippen LogP) is 1.36. The first-order valence-corrected chi connectivity index (χ1v) is 5.80. The Bertz CT molecular complexity index is 472. The number of carbonyl (C=O) groups is 1. The van der Waals surface area contributed by atoms with Crippen LogP contribution in [-0.2, 0) is 11.2 Å². The molecule has 1 aromatic carbocycles. The maximum atomic E-state index is 11.3. The zero-order chi connectivity index (χ0) is 13.3. The molecule has 0 aliphatic carbocycles. The van der Waals surface area contributed by atoms with Crippen molar-refractivity contribution in [3.63, 3.8) is 0 Å². The third-order valence-corrected chi connectivity index (χ3v) is 3.17. The van der Waals surface area contributed by atoms with E-state index in [0.717, 1.165) is 12.0 Å². The number of rotatable bonds is 3. The van der Waals surface area contributed by atoms with Crippen LogP contribution in [-0.4, -0.2) is 31.3 Å². The molecule has 1 heterocycles. The van der Waals surface area contributed by atoms with Gasteiger partial charge < -0.3 is 14.6 Å². The summed E-state index contributed by atoms with van der Waals surface area (Å²) in [6.07, 6.45) is 0.757. The minimum Gasteiger partial charge on any atom is -0.497 e. The summed E-state index contributed by atoms with van der Waals surface area (Å²) in [6, 6.07) is 2.97. The predicted molar refractivity (Wildman–Crippen MR) is 66.2 cm³/mol. The maximum Gasteiger partial charge on any atom is 0.325 e. The quantitative estimate of drug-likeness (QED) is 0.849. The number of carboxylic acids is 1. The number of methoxy groups -OCH3 is 2. The second-order valence-electron chi connectivity index (χ2n) is 4.45. The Morgan fingerprint density at radius 1 is 1.39 bits per heavy atom. The lowest BCUT2D eigenvalue weighted by atomic mass is 9.89. The highest BCUT2D eigenvalue weighted by Crippen LogP contribution is 2.37. The van der Waals surface area contributed by atoms with Crippen LogP contribution in [0.15, 0.2) is 12.1 Å². The van der Waals surface area contributed by atoms with Gasteiger partial charge in [0.05, 0.1) is 14.2 Å². The molecule has 2 N–H and O–H groups in total. The van der Waals surface area contributed by atoms with E-state index in [0.29, 0.717) is 17.1 Å². The Balaban J connectivity index is 2.57. The van der Waals surface area contributed by atoms with Gasteiger partial charge in [-0.1, -0.05) is 0 Å². The van der Waals surface area contributed by atoms with E-state index in [-0.39, 0.29) is 6.04 Å². The van der Waals surface area contributed by atoms with Crippen molar-refractivity contribution in [3.05, 3.63) is 23.3 Å². The van der Waals surface area contributed by atoms with Gasteiger partial charge in [0.25, 0.3) is 0 Å². The molecule has 98 valence electrons. The van der Waals surface area contributed by atoms with E-state index in [1.807, 2.05) is 13.0 Å². The fourth-order valence-electron chi connectivity index (χ4n) is 2.39. The van der Waals surface area contributed by atoms with Gasteiger partial charge in [-0.05, 0) is 25.0 Å². The number of aliphatic carboxylic acids is 1. The van der Waals surface area contributed by atoms with Gasteiger partial charge in [-0.2, -0.15) is 0 Å². The van der Waals surface area contributed by atoms with E-state index in [4.69, 9.17) is 9.47 Å². The summed E-state index contributed by atoms with van der Waals surface area (Å²) in [6.45, 7) is 1.96. The summed E-state index contributed by atoms with van der Waals surface area (Å²) in [7, 11) is 3.12. The first kappa shape index (κ1) is 12.7. The van der Waals surface area contributed by atoms with Crippen molar-refractivity contribution < 1.29 is 19.4 Å². The Morgan fingerprint density at radius 3 is 2.67 bits per heavy atom. The van der Waals surface area contributed by atoms with E-state index >= 15 is 0 Å². The Morgan fingerprint density at radius 2 is 2.11 bits per heavy atom. The van der Waals surface area contributed by atoms with E-state index in [1.54, 1.807) is 13.2 Å². The number of benzene rings is 1. The third-order valence-electron chi connectivity index (χ3n) is 3.17. The molecule has 1 aliphatic heterocycles. The van der Waals surface area contributed by atoms with Crippen LogP contribution in [0.5, 0.6) is 11.5 Å². The number of nitrogens with one attached hydrogen (secondary N) is 1.